The molecule has 1 aliphatic heterocycles. The Morgan fingerprint density at radius 2 is 2.10 bits per heavy atom. The predicted octanol–water partition coefficient (Wildman–Crippen LogP) is 4.40. The lowest BCUT2D eigenvalue weighted by atomic mass is 10.0. The summed E-state index contributed by atoms with van der Waals surface area (Å²) >= 11 is 0. The highest BCUT2D eigenvalue weighted by molar-refractivity contribution is 5.96. The van der Waals surface area contributed by atoms with Gasteiger partial charge in [-0.15, -0.1) is 0 Å². The molecule has 0 unspecified atom stereocenters. The van der Waals surface area contributed by atoms with Gasteiger partial charge in [0.05, 0.1) is 11.8 Å². The van der Waals surface area contributed by atoms with E-state index < -0.39 is 0 Å². The van der Waals surface area contributed by atoms with E-state index in [0.29, 0.717) is 34.7 Å². The topological polar surface area (TPSA) is 84.1 Å². The maximum absolute atomic E-state index is 13.0. The van der Waals surface area contributed by atoms with Gasteiger partial charge in [0.25, 0.3) is 5.91 Å². The van der Waals surface area contributed by atoms with Crippen molar-refractivity contribution in [3.63, 3.8) is 0 Å². The molecule has 1 fully saturated rings. The van der Waals surface area contributed by atoms with Crippen molar-refractivity contribution in [1.29, 1.82) is 0 Å². The van der Waals surface area contributed by atoms with E-state index in [4.69, 9.17) is 9.15 Å². The number of hydrogen-bond donors (Lipinski definition) is 2. The van der Waals surface area contributed by atoms with Crippen LogP contribution in [0.4, 0.5) is 5.69 Å². The zero-order valence-corrected chi connectivity index (χ0v) is 17.2. The summed E-state index contributed by atoms with van der Waals surface area (Å²) < 4.78 is 11.5. The van der Waals surface area contributed by atoms with Gasteiger partial charge < -0.3 is 19.6 Å². The van der Waals surface area contributed by atoms with Gasteiger partial charge in [0.1, 0.15) is 16.9 Å². The van der Waals surface area contributed by atoms with Crippen LogP contribution in [0.25, 0.3) is 11.0 Å². The van der Waals surface area contributed by atoms with Gasteiger partial charge in [0.15, 0.2) is 0 Å². The van der Waals surface area contributed by atoms with E-state index in [1.807, 2.05) is 18.2 Å². The molecule has 0 aliphatic carbocycles. The second-order valence-electron chi connectivity index (χ2n) is 7.89. The Bertz CT molecular complexity index is 1130. The zero-order chi connectivity index (χ0) is 21.1. The van der Waals surface area contributed by atoms with E-state index in [1.165, 1.54) is 6.07 Å². The molecule has 6 heteroatoms. The van der Waals surface area contributed by atoms with E-state index in [9.17, 15) is 9.90 Å². The van der Waals surface area contributed by atoms with Gasteiger partial charge in [-0.05, 0) is 54.7 Å². The summed E-state index contributed by atoms with van der Waals surface area (Å²) in [6.45, 7) is 5.43. The van der Waals surface area contributed by atoms with Crippen LogP contribution in [-0.2, 0) is 4.74 Å². The molecule has 4 rings (SSSR count). The number of benzene rings is 2. The van der Waals surface area contributed by atoms with Gasteiger partial charge in [-0.25, -0.2) is 4.99 Å². The number of aromatic hydroxyl groups is 1. The van der Waals surface area contributed by atoms with Crippen molar-refractivity contribution in [3.05, 3.63) is 65.2 Å². The van der Waals surface area contributed by atoms with Gasteiger partial charge >= 0.3 is 0 Å². The third kappa shape index (κ3) is 4.54. The molecule has 30 heavy (non-hydrogen) atoms. The largest absolute Gasteiger partial charge is 0.508 e. The molecular formula is C24H26N2O4. The van der Waals surface area contributed by atoms with Crippen LogP contribution in [-0.4, -0.2) is 30.3 Å². The molecule has 1 aliphatic rings. The molecular weight excluding hydrogens is 380 g/mol. The first-order valence-corrected chi connectivity index (χ1v) is 10.3. The number of carbonyl (C=O) groups is 1. The number of nitrogens with one attached hydrogen (secondary N) is 1. The van der Waals surface area contributed by atoms with Crippen molar-refractivity contribution in [1.82, 2.24) is 5.32 Å². The first kappa shape index (κ1) is 20.2. The van der Waals surface area contributed by atoms with Gasteiger partial charge in [-0.3, -0.25) is 4.79 Å². The standard InChI is InChI=1S/C24H26N2O4/c1-15(2)16-5-3-6-18(11-16)26-24-21(23(28)25-14-20-7-4-10-29-20)12-17-8-9-19(27)13-22(17)30-24/h3,5-6,8-9,11-13,15,20,27H,4,7,10,14H2,1-2H3,(H,25,28)/t20-/m1/s1. The summed E-state index contributed by atoms with van der Waals surface area (Å²) in [7, 11) is 0. The van der Waals surface area contributed by atoms with Gasteiger partial charge in [0, 0.05) is 24.6 Å². The molecule has 156 valence electrons. The van der Waals surface area contributed by atoms with Crippen molar-refractivity contribution in [2.75, 3.05) is 13.2 Å². The maximum Gasteiger partial charge on any atom is 0.256 e. The minimum Gasteiger partial charge on any atom is -0.508 e. The molecule has 0 saturated carbocycles. The average molecular weight is 406 g/mol. The van der Waals surface area contributed by atoms with Crippen LogP contribution in [0.15, 0.2) is 57.9 Å². The van der Waals surface area contributed by atoms with E-state index >= 15 is 0 Å². The minimum atomic E-state index is -0.261. The molecule has 1 atom stereocenters. The number of phenols is 1. The van der Waals surface area contributed by atoms with Crippen LogP contribution in [0, 0.1) is 0 Å². The summed E-state index contributed by atoms with van der Waals surface area (Å²) in [6.07, 6.45) is 2.01. The molecule has 0 bridgehead atoms. The summed E-state index contributed by atoms with van der Waals surface area (Å²) in [4.78, 5) is 17.6. The third-order valence-corrected chi connectivity index (χ3v) is 5.26. The van der Waals surface area contributed by atoms with E-state index in [0.717, 1.165) is 25.0 Å². The number of rotatable bonds is 5. The Morgan fingerprint density at radius 3 is 2.87 bits per heavy atom. The highest BCUT2D eigenvalue weighted by atomic mass is 16.5. The molecule has 2 heterocycles. The molecule has 1 saturated heterocycles. The highest BCUT2D eigenvalue weighted by Gasteiger charge is 2.18. The Balaban J connectivity index is 1.76. The Labute approximate surface area is 175 Å². The Morgan fingerprint density at radius 1 is 1.23 bits per heavy atom. The smallest absolute Gasteiger partial charge is 0.256 e. The number of fused-ring (bicyclic) bond motifs is 1. The molecule has 0 spiro atoms. The lowest BCUT2D eigenvalue weighted by Gasteiger charge is -2.11. The van der Waals surface area contributed by atoms with E-state index in [-0.39, 0.29) is 23.3 Å². The van der Waals surface area contributed by atoms with Crippen molar-refractivity contribution in [2.24, 2.45) is 4.99 Å². The van der Waals surface area contributed by atoms with Gasteiger partial charge in [-0.1, -0.05) is 26.0 Å². The summed E-state index contributed by atoms with van der Waals surface area (Å²) in [5, 5.41) is 13.5. The maximum atomic E-state index is 13.0. The third-order valence-electron chi connectivity index (χ3n) is 5.26. The number of phenolic OH excluding ortho intramolecular Hbond substituents is 1. The zero-order valence-electron chi connectivity index (χ0n) is 17.2. The number of hydrogen-bond acceptors (Lipinski definition) is 5. The minimum absolute atomic E-state index is 0.0476. The van der Waals surface area contributed by atoms with Crippen molar-refractivity contribution < 1.29 is 19.1 Å². The summed E-state index contributed by atoms with van der Waals surface area (Å²) in [5.74, 6) is 0.192. The number of ether oxygens (including phenoxy) is 1. The molecule has 2 aromatic carbocycles. The summed E-state index contributed by atoms with van der Waals surface area (Å²) in [6, 6.07) is 14.4. The summed E-state index contributed by atoms with van der Waals surface area (Å²) in [5.41, 5.74) is 2.88. The fraction of sp³-hybridized carbons (Fsp3) is 0.333. The number of carbonyl (C=O) groups excluding carboxylic acids is 1. The van der Waals surface area contributed by atoms with Crippen LogP contribution in [0.3, 0.4) is 0 Å². The van der Waals surface area contributed by atoms with Crippen molar-refractivity contribution in [2.45, 2.75) is 38.7 Å². The fourth-order valence-electron chi connectivity index (χ4n) is 3.53. The molecule has 1 aromatic heterocycles. The van der Waals surface area contributed by atoms with Crippen LogP contribution < -0.4 is 10.9 Å². The van der Waals surface area contributed by atoms with Crippen LogP contribution in [0.5, 0.6) is 5.75 Å². The Kier molecular flexibility index (Phi) is 5.86. The fourth-order valence-corrected chi connectivity index (χ4v) is 3.53. The van der Waals surface area contributed by atoms with Crippen LogP contribution in [0.2, 0.25) is 0 Å². The lowest BCUT2D eigenvalue weighted by molar-refractivity contribution is 0.0854. The predicted molar refractivity (Wildman–Crippen MR) is 115 cm³/mol. The van der Waals surface area contributed by atoms with Gasteiger partial charge in [0.2, 0.25) is 5.55 Å². The molecule has 0 radical (unpaired) electrons. The van der Waals surface area contributed by atoms with Gasteiger partial charge in [-0.2, -0.15) is 0 Å². The molecule has 2 N–H and O–H groups in total. The van der Waals surface area contributed by atoms with E-state index in [2.05, 4.69) is 30.2 Å². The molecule has 3 aromatic rings. The first-order chi connectivity index (χ1) is 14.5. The van der Waals surface area contributed by atoms with Crippen molar-refractivity contribution >= 4 is 22.6 Å². The molecule has 1 amide bonds. The first-order valence-electron chi connectivity index (χ1n) is 10.3. The van der Waals surface area contributed by atoms with Crippen LogP contribution >= 0.6 is 0 Å². The normalized spacial score (nSPS) is 17.0. The average Bonchev–Trinajstić information content (AvgIpc) is 3.25. The monoisotopic (exact) mass is 406 g/mol. The molecule has 6 nitrogen and oxygen atoms in total. The SMILES string of the molecule is CC(C)c1cccc(N=c2oc3cc(O)ccc3cc2C(=O)NC[C@H]2CCCO2)c1. The van der Waals surface area contributed by atoms with Crippen molar-refractivity contribution in [3.8, 4) is 5.75 Å². The Hall–Kier alpha value is -3.12. The van der Waals surface area contributed by atoms with E-state index in [1.54, 1.807) is 18.2 Å². The number of nitrogens with zero attached hydrogens (tertiary/aromatic N) is 1. The highest BCUT2D eigenvalue weighted by Crippen LogP contribution is 2.22. The quantitative estimate of drug-likeness (QED) is 0.658. The lowest BCUT2D eigenvalue weighted by Crippen LogP contribution is -2.34. The van der Waals surface area contributed by atoms with Crippen LogP contribution in [0.1, 0.15) is 48.5 Å². The second-order valence-corrected chi connectivity index (χ2v) is 7.89. The second kappa shape index (κ2) is 8.71. The number of amides is 1.